The van der Waals surface area contributed by atoms with Crippen LogP contribution >= 0.6 is 24.2 Å². The summed E-state index contributed by atoms with van der Waals surface area (Å²) in [4.78, 5) is 10.4. The van der Waals surface area contributed by atoms with Gasteiger partial charge in [0, 0.05) is 18.0 Å². The van der Waals surface area contributed by atoms with Gasteiger partial charge in [-0.3, -0.25) is 0 Å². The second kappa shape index (κ2) is 7.66. The summed E-state index contributed by atoms with van der Waals surface area (Å²) < 4.78 is 29.2. The number of halogens is 3. The molecular formula is C18H19ClF2N6OS. The van der Waals surface area contributed by atoms with Crippen LogP contribution in [0.5, 0.6) is 0 Å². The van der Waals surface area contributed by atoms with Crippen LogP contribution in [0.1, 0.15) is 30.0 Å². The van der Waals surface area contributed by atoms with Gasteiger partial charge in [0.05, 0.1) is 24.4 Å². The molecule has 1 fully saturated rings. The molecule has 154 valence electrons. The number of aliphatic hydroxyl groups excluding tert-OH is 1. The molecule has 1 aliphatic heterocycles. The Hall–Kier alpha value is -2.04. The lowest BCUT2D eigenvalue weighted by molar-refractivity contribution is 0.0257. The summed E-state index contributed by atoms with van der Waals surface area (Å²) in [6.45, 7) is 1.55. The molecule has 29 heavy (non-hydrogen) atoms. The average molecular weight is 441 g/mol. The van der Waals surface area contributed by atoms with Crippen molar-refractivity contribution in [1.82, 2.24) is 25.0 Å². The van der Waals surface area contributed by atoms with E-state index in [2.05, 4.69) is 32.9 Å². The Balaban J connectivity index is 1.82. The smallest absolute Gasteiger partial charge is 0.266 e. The molecule has 3 heterocycles. The first-order chi connectivity index (χ1) is 13.7. The first-order valence-electron chi connectivity index (χ1n) is 9.08. The van der Waals surface area contributed by atoms with E-state index < -0.39 is 23.8 Å². The molecule has 7 nitrogen and oxygen atoms in total. The van der Waals surface area contributed by atoms with Gasteiger partial charge >= 0.3 is 0 Å². The van der Waals surface area contributed by atoms with Gasteiger partial charge in [0.1, 0.15) is 5.82 Å². The lowest BCUT2D eigenvalue weighted by Crippen LogP contribution is -2.27. The Bertz CT molecular complexity index is 1050. The number of thiol groups is 1. The number of rotatable bonds is 5. The van der Waals surface area contributed by atoms with E-state index in [9.17, 15) is 13.9 Å². The van der Waals surface area contributed by atoms with Crippen LogP contribution in [0.4, 0.5) is 14.6 Å². The Morgan fingerprint density at radius 3 is 2.72 bits per heavy atom. The molecule has 2 unspecified atom stereocenters. The van der Waals surface area contributed by atoms with Crippen LogP contribution in [-0.4, -0.2) is 55.2 Å². The number of fused-ring (bicyclic) bond motifs is 1. The van der Waals surface area contributed by atoms with Crippen LogP contribution in [0, 0.1) is 0 Å². The van der Waals surface area contributed by atoms with E-state index in [0.717, 1.165) is 5.56 Å². The molecule has 0 spiro atoms. The standard InChI is InChI=1S/C18H19ClF2N6OS/c1-10(28)14(29)15-22-16(26-7-6-18(20,21)9-26)13-17(23-15)27(25-24-13)8-11-4-2-3-5-12(11)19/h2-5,10,14,28-29H,6-9H2,1H3. The minimum Gasteiger partial charge on any atom is -0.392 e. The van der Waals surface area contributed by atoms with Crippen molar-refractivity contribution < 1.29 is 13.9 Å². The number of hydrogen-bond acceptors (Lipinski definition) is 7. The summed E-state index contributed by atoms with van der Waals surface area (Å²) >= 11 is 10.6. The topological polar surface area (TPSA) is 80.0 Å². The zero-order valence-electron chi connectivity index (χ0n) is 15.5. The fourth-order valence-corrected chi connectivity index (χ4v) is 3.55. The molecule has 0 radical (unpaired) electrons. The maximum atomic E-state index is 13.8. The highest BCUT2D eigenvalue weighted by Crippen LogP contribution is 2.34. The Morgan fingerprint density at radius 2 is 2.07 bits per heavy atom. The van der Waals surface area contributed by atoms with Gasteiger partial charge in [-0.05, 0) is 18.6 Å². The first kappa shape index (κ1) is 20.2. The molecule has 2 aromatic heterocycles. The van der Waals surface area contributed by atoms with E-state index in [0.29, 0.717) is 22.7 Å². The predicted molar refractivity (Wildman–Crippen MR) is 109 cm³/mol. The summed E-state index contributed by atoms with van der Waals surface area (Å²) in [7, 11) is 0. The van der Waals surface area contributed by atoms with Gasteiger partial charge in [-0.2, -0.15) is 12.6 Å². The van der Waals surface area contributed by atoms with Gasteiger partial charge in [-0.25, -0.2) is 23.4 Å². The maximum Gasteiger partial charge on any atom is 0.266 e. The molecule has 3 aromatic rings. The Labute approximate surface area is 176 Å². The SMILES string of the molecule is CC(O)C(S)c1nc(N2CCC(F)(F)C2)c2nnn(Cc3ccccc3Cl)c2n1. The lowest BCUT2D eigenvalue weighted by atomic mass is 10.2. The third-order valence-electron chi connectivity index (χ3n) is 4.83. The number of alkyl halides is 2. The van der Waals surface area contributed by atoms with E-state index in [1.807, 2.05) is 18.2 Å². The molecule has 0 saturated carbocycles. The van der Waals surface area contributed by atoms with Gasteiger partial charge in [-0.15, -0.1) is 5.10 Å². The number of hydrogen-bond donors (Lipinski definition) is 2. The molecule has 0 amide bonds. The molecule has 2 atom stereocenters. The van der Waals surface area contributed by atoms with Crippen molar-refractivity contribution >= 4 is 41.2 Å². The quantitative estimate of drug-likeness (QED) is 0.593. The van der Waals surface area contributed by atoms with E-state index in [-0.39, 0.29) is 24.6 Å². The van der Waals surface area contributed by atoms with Crippen molar-refractivity contribution in [2.45, 2.75) is 37.2 Å². The summed E-state index contributed by atoms with van der Waals surface area (Å²) in [5.41, 5.74) is 1.51. The van der Waals surface area contributed by atoms with Crippen LogP contribution in [0.25, 0.3) is 11.2 Å². The maximum absolute atomic E-state index is 13.8. The molecule has 4 rings (SSSR count). The fourth-order valence-electron chi connectivity index (χ4n) is 3.24. The van der Waals surface area contributed by atoms with E-state index >= 15 is 0 Å². The Morgan fingerprint density at radius 1 is 1.31 bits per heavy atom. The zero-order valence-corrected chi connectivity index (χ0v) is 17.2. The predicted octanol–water partition coefficient (Wildman–Crippen LogP) is 3.12. The van der Waals surface area contributed by atoms with Crippen LogP contribution in [-0.2, 0) is 6.54 Å². The molecule has 1 saturated heterocycles. The minimum atomic E-state index is -2.80. The second-order valence-corrected chi connectivity index (χ2v) is 8.09. The van der Waals surface area contributed by atoms with Crippen molar-refractivity contribution in [1.29, 1.82) is 0 Å². The van der Waals surface area contributed by atoms with Crippen LogP contribution in [0.2, 0.25) is 5.02 Å². The van der Waals surface area contributed by atoms with Gasteiger partial charge in [-0.1, -0.05) is 35.0 Å². The first-order valence-corrected chi connectivity index (χ1v) is 9.98. The van der Waals surface area contributed by atoms with Crippen molar-refractivity contribution in [3.63, 3.8) is 0 Å². The van der Waals surface area contributed by atoms with E-state index in [1.165, 1.54) is 4.90 Å². The highest BCUT2D eigenvalue weighted by Gasteiger charge is 2.40. The van der Waals surface area contributed by atoms with Gasteiger partial charge in [0.2, 0.25) is 0 Å². The molecule has 1 aromatic carbocycles. The lowest BCUT2D eigenvalue weighted by Gasteiger charge is -2.20. The number of anilines is 1. The highest BCUT2D eigenvalue weighted by atomic mass is 35.5. The van der Waals surface area contributed by atoms with Gasteiger partial charge in [0.25, 0.3) is 5.92 Å². The van der Waals surface area contributed by atoms with Crippen molar-refractivity contribution in [2.75, 3.05) is 18.0 Å². The normalized spacial score (nSPS) is 18.3. The molecule has 1 N–H and O–H groups in total. The minimum absolute atomic E-state index is 0.141. The van der Waals surface area contributed by atoms with Crippen LogP contribution in [0.15, 0.2) is 24.3 Å². The van der Waals surface area contributed by atoms with Crippen LogP contribution in [0.3, 0.4) is 0 Å². The third kappa shape index (κ3) is 4.01. The molecule has 0 bridgehead atoms. The second-order valence-electron chi connectivity index (χ2n) is 7.13. The van der Waals surface area contributed by atoms with Crippen molar-refractivity contribution in [2.24, 2.45) is 0 Å². The monoisotopic (exact) mass is 440 g/mol. The third-order valence-corrected chi connectivity index (χ3v) is 5.86. The van der Waals surface area contributed by atoms with E-state index in [1.54, 1.807) is 17.7 Å². The van der Waals surface area contributed by atoms with Gasteiger partial charge < -0.3 is 10.0 Å². The number of aliphatic hydroxyl groups is 1. The summed E-state index contributed by atoms with van der Waals surface area (Å²) in [6, 6.07) is 7.31. The molecule has 1 aliphatic rings. The molecular weight excluding hydrogens is 422 g/mol. The zero-order chi connectivity index (χ0) is 20.8. The molecule has 0 aliphatic carbocycles. The average Bonchev–Trinajstić information content (AvgIpc) is 3.25. The van der Waals surface area contributed by atoms with Crippen molar-refractivity contribution in [3.8, 4) is 0 Å². The van der Waals surface area contributed by atoms with Crippen molar-refractivity contribution in [3.05, 3.63) is 40.7 Å². The summed E-state index contributed by atoms with van der Waals surface area (Å²) in [6.07, 6.45) is -1.10. The van der Waals surface area contributed by atoms with Crippen LogP contribution < -0.4 is 4.90 Å². The number of nitrogens with zero attached hydrogens (tertiary/aromatic N) is 6. The Kier molecular flexibility index (Phi) is 5.34. The highest BCUT2D eigenvalue weighted by molar-refractivity contribution is 7.80. The fraction of sp³-hybridized carbons (Fsp3) is 0.444. The summed E-state index contributed by atoms with van der Waals surface area (Å²) in [5.74, 6) is -2.30. The van der Waals surface area contributed by atoms with Gasteiger partial charge in [0.15, 0.2) is 17.0 Å². The molecule has 11 heteroatoms. The number of aromatic nitrogens is 5. The van der Waals surface area contributed by atoms with E-state index in [4.69, 9.17) is 11.6 Å². The summed E-state index contributed by atoms with van der Waals surface area (Å²) in [5, 5.41) is 18.1. The number of benzene rings is 1. The largest absolute Gasteiger partial charge is 0.392 e.